The molecule has 0 aliphatic heterocycles. The van der Waals surface area contributed by atoms with Gasteiger partial charge in [0.25, 0.3) is 10.0 Å². The van der Waals surface area contributed by atoms with Crippen LogP contribution in [0.25, 0.3) is 0 Å². The molecule has 0 heterocycles. The first-order valence-corrected chi connectivity index (χ1v) is 12.1. The molecule has 3 atom stereocenters. The second-order valence-corrected chi connectivity index (χ2v) is 10.6. The SMILES string of the molecule is O=C(CN(c1cc(C(F)(F)F)ccc1Cl)S(=O)(=O)c1ccccc1)NC1CC2CCC1C2. The van der Waals surface area contributed by atoms with Crippen LogP contribution in [0.2, 0.25) is 5.02 Å². The normalized spacial score (nSPS) is 22.7. The van der Waals surface area contributed by atoms with E-state index in [0.29, 0.717) is 22.2 Å². The van der Waals surface area contributed by atoms with Crippen LogP contribution in [0.4, 0.5) is 18.9 Å². The molecule has 0 radical (unpaired) electrons. The second kappa shape index (κ2) is 8.59. The van der Waals surface area contributed by atoms with Crippen LogP contribution in [0.3, 0.4) is 0 Å². The Balaban J connectivity index is 1.68. The third kappa shape index (κ3) is 4.59. The Labute approximate surface area is 189 Å². The molecule has 2 aromatic rings. The minimum Gasteiger partial charge on any atom is -0.352 e. The molecule has 4 rings (SSSR count). The predicted octanol–water partition coefficient (Wildman–Crippen LogP) is 4.86. The van der Waals surface area contributed by atoms with E-state index < -0.39 is 39.9 Å². The van der Waals surface area contributed by atoms with Gasteiger partial charge in [-0.3, -0.25) is 9.10 Å². The Morgan fingerprint density at radius 3 is 2.41 bits per heavy atom. The molecule has 1 N–H and O–H groups in total. The number of nitrogens with one attached hydrogen (secondary N) is 1. The Kier molecular flexibility index (Phi) is 6.15. The van der Waals surface area contributed by atoms with Gasteiger partial charge in [0.15, 0.2) is 0 Å². The molecular weight excluding hydrogens is 465 g/mol. The van der Waals surface area contributed by atoms with Crippen molar-refractivity contribution in [3.8, 4) is 0 Å². The van der Waals surface area contributed by atoms with E-state index in [1.807, 2.05) is 0 Å². The van der Waals surface area contributed by atoms with Gasteiger partial charge in [-0.2, -0.15) is 13.2 Å². The van der Waals surface area contributed by atoms with Crippen molar-refractivity contribution in [3.05, 3.63) is 59.1 Å². The van der Waals surface area contributed by atoms with Gasteiger partial charge < -0.3 is 5.32 Å². The zero-order chi connectivity index (χ0) is 23.1. The highest BCUT2D eigenvalue weighted by atomic mass is 35.5. The molecule has 0 spiro atoms. The number of sulfonamides is 1. The van der Waals surface area contributed by atoms with E-state index in [2.05, 4.69) is 5.32 Å². The molecular formula is C22H22ClF3N2O3S. The lowest BCUT2D eigenvalue weighted by molar-refractivity contribution is -0.137. The summed E-state index contributed by atoms with van der Waals surface area (Å²) in [6, 6.07) is 9.61. The average Bonchev–Trinajstić information content (AvgIpc) is 3.35. The third-order valence-corrected chi connectivity index (χ3v) is 8.34. The van der Waals surface area contributed by atoms with E-state index in [1.54, 1.807) is 6.07 Å². The number of anilines is 1. The molecule has 2 fully saturated rings. The van der Waals surface area contributed by atoms with Gasteiger partial charge in [0.05, 0.1) is 21.2 Å². The molecule has 172 valence electrons. The van der Waals surface area contributed by atoms with E-state index in [1.165, 1.54) is 24.3 Å². The molecule has 5 nitrogen and oxygen atoms in total. The van der Waals surface area contributed by atoms with Gasteiger partial charge in [-0.25, -0.2) is 8.42 Å². The van der Waals surface area contributed by atoms with Crippen LogP contribution in [-0.4, -0.2) is 26.9 Å². The summed E-state index contributed by atoms with van der Waals surface area (Å²) in [6.07, 6.45) is -0.679. The van der Waals surface area contributed by atoms with Gasteiger partial charge in [0, 0.05) is 6.04 Å². The molecule has 3 unspecified atom stereocenters. The molecule has 2 saturated carbocycles. The molecule has 2 aromatic carbocycles. The van der Waals surface area contributed by atoms with Crippen molar-refractivity contribution in [2.24, 2.45) is 11.8 Å². The lowest BCUT2D eigenvalue weighted by atomic mass is 9.95. The Hall–Kier alpha value is -2.26. The average molecular weight is 487 g/mol. The zero-order valence-corrected chi connectivity index (χ0v) is 18.6. The van der Waals surface area contributed by atoms with Crippen molar-refractivity contribution < 1.29 is 26.4 Å². The summed E-state index contributed by atoms with van der Waals surface area (Å²) in [5.74, 6) is 0.350. The highest BCUT2D eigenvalue weighted by Crippen LogP contribution is 2.44. The molecule has 0 saturated heterocycles. The molecule has 32 heavy (non-hydrogen) atoms. The van der Waals surface area contributed by atoms with Crippen molar-refractivity contribution in [1.82, 2.24) is 5.32 Å². The number of carbonyl (C=O) groups is 1. The summed E-state index contributed by atoms with van der Waals surface area (Å²) >= 11 is 6.13. The molecule has 0 aromatic heterocycles. The van der Waals surface area contributed by atoms with E-state index in [-0.39, 0.29) is 16.0 Å². The first-order chi connectivity index (χ1) is 15.1. The number of hydrogen-bond donors (Lipinski definition) is 1. The van der Waals surface area contributed by atoms with Crippen LogP contribution in [0, 0.1) is 11.8 Å². The van der Waals surface area contributed by atoms with Crippen LogP contribution in [-0.2, 0) is 21.0 Å². The monoisotopic (exact) mass is 486 g/mol. The fraction of sp³-hybridized carbons (Fsp3) is 0.409. The van der Waals surface area contributed by atoms with Gasteiger partial charge in [-0.05, 0) is 61.4 Å². The van der Waals surface area contributed by atoms with Crippen LogP contribution >= 0.6 is 11.6 Å². The lowest BCUT2D eigenvalue weighted by Crippen LogP contribution is -2.46. The van der Waals surface area contributed by atoms with Gasteiger partial charge in [0.2, 0.25) is 5.91 Å². The fourth-order valence-corrected chi connectivity index (χ4v) is 6.43. The number of fused-ring (bicyclic) bond motifs is 2. The van der Waals surface area contributed by atoms with Gasteiger partial charge >= 0.3 is 6.18 Å². The summed E-state index contributed by atoms with van der Waals surface area (Å²) in [5, 5.41) is 2.68. The largest absolute Gasteiger partial charge is 0.416 e. The van der Waals surface area contributed by atoms with Crippen molar-refractivity contribution in [2.75, 3.05) is 10.8 Å². The van der Waals surface area contributed by atoms with Crippen LogP contribution in [0.1, 0.15) is 31.2 Å². The number of halogens is 4. The van der Waals surface area contributed by atoms with Crippen molar-refractivity contribution in [1.29, 1.82) is 0 Å². The van der Waals surface area contributed by atoms with Crippen molar-refractivity contribution >= 4 is 33.2 Å². The zero-order valence-electron chi connectivity index (χ0n) is 17.0. The minimum atomic E-state index is -4.70. The van der Waals surface area contributed by atoms with Crippen LogP contribution in [0.15, 0.2) is 53.4 Å². The lowest BCUT2D eigenvalue weighted by Gasteiger charge is -2.28. The van der Waals surface area contributed by atoms with E-state index in [4.69, 9.17) is 11.6 Å². The van der Waals surface area contributed by atoms with Crippen molar-refractivity contribution in [3.63, 3.8) is 0 Å². The molecule has 2 aliphatic rings. The van der Waals surface area contributed by atoms with Crippen LogP contribution < -0.4 is 9.62 Å². The highest BCUT2D eigenvalue weighted by molar-refractivity contribution is 7.92. The predicted molar refractivity (Wildman–Crippen MR) is 115 cm³/mol. The maximum atomic E-state index is 13.4. The molecule has 1 amide bonds. The number of hydrogen-bond acceptors (Lipinski definition) is 3. The smallest absolute Gasteiger partial charge is 0.352 e. The number of carbonyl (C=O) groups excluding carboxylic acids is 1. The third-order valence-electron chi connectivity index (χ3n) is 6.25. The van der Waals surface area contributed by atoms with Gasteiger partial charge in [-0.15, -0.1) is 0 Å². The summed E-state index contributed by atoms with van der Waals surface area (Å²) in [5.41, 5.74) is -1.45. The maximum Gasteiger partial charge on any atom is 0.416 e. The summed E-state index contributed by atoms with van der Waals surface area (Å²) in [7, 11) is -4.36. The summed E-state index contributed by atoms with van der Waals surface area (Å²) in [6.45, 7) is -0.674. The topological polar surface area (TPSA) is 66.5 Å². The number of benzene rings is 2. The molecule has 10 heteroatoms. The van der Waals surface area contributed by atoms with Crippen LogP contribution in [0.5, 0.6) is 0 Å². The first kappa shape index (κ1) is 22.9. The van der Waals surface area contributed by atoms with Gasteiger partial charge in [-0.1, -0.05) is 36.2 Å². The Bertz CT molecular complexity index is 1110. The summed E-state index contributed by atoms with van der Waals surface area (Å²) < 4.78 is 67.3. The number of amides is 1. The standard InChI is InChI=1S/C22H22ClF3N2O3S/c23-18-9-8-16(22(24,25)26)12-20(18)28(32(30,31)17-4-2-1-3-5-17)13-21(29)27-19-11-14-6-7-15(19)10-14/h1-5,8-9,12,14-15,19H,6-7,10-11,13H2,(H,27,29). The minimum absolute atomic E-state index is 0.0421. The number of nitrogens with zero attached hydrogens (tertiary/aromatic N) is 1. The highest BCUT2D eigenvalue weighted by Gasteiger charge is 2.41. The number of rotatable bonds is 6. The summed E-state index contributed by atoms with van der Waals surface area (Å²) in [4.78, 5) is 12.7. The van der Waals surface area contributed by atoms with Gasteiger partial charge in [0.1, 0.15) is 6.54 Å². The quantitative estimate of drug-likeness (QED) is 0.634. The van der Waals surface area contributed by atoms with E-state index >= 15 is 0 Å². The fourth-order valence-electron chi connectivity index (χ4n) is 4.70. The van der Waals surface area contributed by atoms with E-state index in [9.17, 15) is 26.4 Å². The molecule has 2 bridgehead atoms. The van der Waals surface area contributed by atoms with E-state index in [0.717, 1.165) is 37.8 Å². The maximum absolute atomic E-state index is 13.4. The second-order valence-electron chi connectivity index (χ2n) is 8.34. The number of alkyl halides is 3. The Morgan fingerprint density at radius 2 is 1.81 bits per heavy atom. The van der Waals surface area contributed by atoms with Crippen molar-refractivity contribution in [2.45, 2.75) is 42.8 Å². The first-order valence-electron chi connectivity index (χ1n) is 10.3. The Morgan fingerprint density at radius 1 is 1.09 bits per heavy atom. The molecule has 2 aliphatic carbocycles.